The Hall–Kier alpha value is -1.13. The highest BCUT2D eigenvalue weighted by Gasteiger charge is 2.24. The molecule has 1 aromatic rings. The molecule has 3 rings (SSSR count). The Bertz CT molecular complexity index is 498. The van der Waals surface area contributed by atoms with Crippen molar-refractivity contribution < 1.29 is 4.79 Å². The third kappa shape index (κ3) is 2.10. The zero-order valence-corrected chi connectivity index (χ0v) is 11.4. The summed E-state index contributed by atoms with van der Waals surface area (Å²) in [6, 6.07) is 2.38. The molecule has 0 aromatic carbocycles. The molecule has 2 N–H and O–H groups in total. The predicted molar refractivity (Wildman–Crippen MR) is 73.7 cm³/mol. The van der Waals surface area contributed by atoms with Gasteiger partial charge >= 0.3 is 0 Å². The van der Waals surface area contributed by atoms with E-state index in [9.17, 15) is 4.79 Å². The van der Waals surface area contributed by atoms with E-state index in [-0.39, 0.29) is 11.9 Å². The minimum atomic E-state index is 0.107. The largest absolute Gasteiger partial charge is 0.345 e. The van der Waals surface area contributed by atoms with Crippen molar-refractivity contribution >= 4 is 17.2 Å². The van der Waals surface area contributed by atoms with E-state index >= 15 is 0 Å². The van der Waals surface area contributed by atoms with Crippen molar-refractivity contribution in [2.75, 3.05) is 13.1 Å². The molecule has 1 amide bonds. The highest BCUT2D eigenvalue weighted by molar-refractivity contribution is 7.10. The van der Waals surface area contributed by atoms with E-state index in [1.165, 1.54) is 28.9 Å². The molecule has 0 spiro atoms. The molecule has 1 aromatic heterocycles. The first-order valence-corrected chi connectivity index (χ1v) is 7.40. The van der Waals surface area contributed by atoms with Crippen LogP contribution in [-0.4, -0.2) is 19.0 Å². The van der Waals surface area contributed by atoms with Gasteiger partial charge in [0, 0.05) is 23.5 Å². The lowest BCUT2D eigenvalue weighted by molar-refractivity contribution is -0.118. The van der Waals surface area contributed by atoms with E-state index in [4.69, 9.17) is 0 Å². The number of fused-ring (bicyclic) bond motifs is 1. The average Bonchev–Trinajstić information content (AvgIpc) is 2.75. The molecular weight excluding hydrogens is 244 g/mol. The number of carbonyl (C=O) groups excluding carboxylic acids is 1. The maximum absolute atomic E-state index is 12.2. The summed E-state index contributed by atoms with van der Waals surface area (Å²) in [6.07, 6.45) is 3.41. The molecule has 4 heteroatoms. The van der Waals surface area contributed by atoms with Crippen LogP contribution in [0.25, 0.3) is 0 Å². The number of nitrogens with one attached hydrogen (secondary N) is 2. The van der Waals surface area contributed by atoms with Crippen molar-refractivity contribution in [2.24, 2.45) is 0 Å². The molecule has 3 nitrogen and oxygen atoms in total. The van der Waals surface area contributed by atoms with Gasteiger partial charge in [-0.25, -0.2) is 0 Å². The second-order valence-corrected chi connectivity index (χ2v) is 6.05. The lowest BCUT2D eigenvalue weighted by Crippen LogP contribution is -2.38. The number of carbonyl (C=O) groups is 1. The zero-order valence-electron chi connectivity index (χ0n) is 10.6. The Morgan fingerprint density at radius 3 is 3.06 bits per heavy atom. The molecule has 2 aliphatic rings. The first-order valence-electron chi connectivity index (χ1n) is 6.52. The van der Waals surface area contributed by atoms with E-state index in [1.54, 1.807) is 0 Å². The first-order chi connectivity index (χ1) is 8.75. The van der Waals surface area contributed by atoms with Crippen LogP contribution in [0.15, 0.2) is 22.6 Å². The molecule has 1 unspecified atom stereocenters. The summed E-state index contributed by atoms with van der Waals surface area (Å²) in [6.45, 7) is 3.67. The standard InChI is InChI=1S/C14H18N2OS/c1-9(10-7-15-8-10)14(17)16-12-3-2-4-13-11(12)5-6-18-13/h5-6,12,15H,2-4,7-8H2,1H3,(H,16,17). The van der Waals surface area contributed by atoms with Gasteiger partial charge in [-0.05, 0) is 48.8 Å². The Morgan fingerprint density at radius 2 is 2.33 bits per heavy atom. The van der Waals surface area contributed by atoms with Gasteiger partial charge in [0.1, 0.15) is 0 Å². The molecule has 1 atom stereocenters. The van der Waals surface area contributed by atoms with E-state index in [0.29, 0.717) is 0 Å². The Labute approximate surface area is 111 Å². The van der Waals surface area contributed by atoms with Gasteiger partial charge in [-0.2, -0.15) is 0 Å². The number of hydrogen-bond acceptors (Lipinski definition) is 3. The van der Waals surface area contributed by atoms with Crippen LogP contribution in [0.4, 0.5) is 0 Å². The average molecular weight is 262 g/mol. The Balaban J connectivity index is 1.73. The monoisotopic (exact) mass is 262 g/mol. The molecule has 96 valence electrons. The summed E-state index contributed by atoms with van der Waals surface area (Å²) in [4.78, 5) is 13.6. The quantitative estimate of drug-likeness (QED) is 0.802. The van der Waals surface area contributed by atoms with Gasteiger partial charge in [-0.3, -0.25) is 4.79 Å². The van der Waals surface area contributed by atoms with Crippen LogP contribution in [0.3, 0.4) is 0 Å². The fraction of sp³-hybridized carbons (Fsp3) is 0.500. The van der Waals surface area contributed by atoms with Gasteiger partial charge in [-0.1, -0.05) is 0 Å². The summed E-state index contributed by atoms with van der Waals surface area (Å²) >= 11 is 1.81. The Morgan fingerprint density at radius 1 is 1.50 bits per heavy atom. The number of rotatable bonds is 2. The smallest absolute Gasteiger partial charge is 0.247 e. The highest BCUT2D eigenvalue weighted by atomic mass is 32.1. The topological polar surface area (TPSA) is 41.1 Å². The van der Waals surface area contributed by atoms with Gasteiger partial charge in [0.2, 0.25) is 5.91 Å². The van der Waals surface area contributed by atoms with Gasteiger partial charge in [0.15, 0.2) is 0 Å². The highest BCUT2D eigenvalue weighted by Crippen LogP contribution is 2.33. The summed E-state index contributed by atoms with van der Waals surface area (Å²) in [5.41, 5.74) is 3.48. The third-order valence-corrected chi connectivity index (χ3v) is 4.90. The van der Waals surface area contributed by atoms with Crippen LogP contribution in [0.2, 0.25) is 0 Å². The zero-order chi connectivity index (χ0) is 12.5. The van der Waals surface area contributed by atoms with Crippen LogP contribution in [0, 0.1) is 0 Å². The molecule has 18 heavy (non-hydrogen) atoms. The van der Waals surface area contributed by atoms with Gasteiger partial charge < -0.3 is 10.6 Å². The number of amides is 1. The van der Waals surface area contributed by atoms with E-state index in [1.807, 2.05) is 18.3 Å². The third-order valence-electron chi connectivity index (χ3n) is 3.90. The molecule has 2 heterocycles. The number of aryl methyl sites for hydroxylation is 1. The molecule has 1 aliphatic heterocycles. The molecule has 1 saturated heterocycles. The van der Waals surface area contributed by atoms with Crippen LogP contribution in [0.5, 0.6) is 0 Å². The fourth-order valence-electron chi connectivity index (χ4n) is 2.58. The number of thiophene rings is 1. The summed E-state index contributed by atoms with van der Waals surface area (Å²) in [5.74, 6) is 0.107. The van der Waals surface area contributed by atoms with Crippen molar-refractivity contribution in [2.45, 2.75) is 32.2 Å². The summed E-state index contributed by atoms with van der Waals surface area (Å²) in [7, 11) is 0. The predicted octanol–water partition coefficient (Wildman–Crippen LogP) is 2.16. The molecular formula is C14H18N2OS. The van der Waals surface area contributed by atoms with Crippen molar-refractivity contribution in [3.05, 3.63) is 33.0 Å². The van der Waals surface area contributed by atoms with Crippen molar-refractivity contribution in [1.82, 2.24) is 10.6 Å². The molecule has 0 saturated carbocycles. The van der Waals surface area contributed by atoms with E-state index in [2.05, 4.69) is 22.1 Å². The van der Waals surface area contributed by atoms with Crippen molar-refractivity contribution in [3.8, 4) is 0 Å². The van der Waals surface area contributed by atoms with Crippen LogP contribution in [-0.2, 0) is 11.2 Å². The lowest BCUT2D eigenvalue weighted by Gasteiger charge is -2.26. The lowest BCUT2D eigenvalue weighted by atomic mass is 9.93. The van der Waals surface area contributed by atoms with E-state index < -0.39 is 0 Å². The maximum Gasteiger partial charge on any atom is 0.247 e. The van der Waals surface area contributed by atoms with Gasteiger partial charge in [0.05, 0.1) is 6.04 Å². The van der Waals surface area contributed by atoms with Crippen molar-refractivity contribution in [3.63, 3.8) is 0 Å². The first kappa shape index (κ1) is 11.9. The normalized spacial score (nSPS) is 22.1. The summed E-state index contributed by atoms with van der Waals surface area (Å²) in [5, 5.41) is 8.50. The van der Waals surface area contributed by atoms with Gasteiger partial charge in [-0.15, -0.1) is 11.3 Å². The minimum Gasteiger partial charge on any atom is -0.345 e. The van der Waals surface area contributed by atoms with Crippen molar-refractivity contribution in [1.29, 1.82) is 0 Å². The Kier molecular flexibility index (Phi) is 3.22. The second-order valence-electron chi connectivity index (χ2n) is 5.05. The number of hydrogen-bond donors (Lipinski definition) is 2. The van der Waals surface area contributed by atoms with Gasteiger partial charge in [0.25, 0.3) is 0 Å². The van der Waals surface area contributed by atoms with Crippen LogP contribution >= 0.6 is 11.3 Å². The fourth-order valence-corrected chi connectivity index (χ4v) is 3.57. The second kappa shape index (κ2) is 4.86. The van der Waals surface area contributed by atoms with E-state index in [0.717, 1.165) is 25.1 Å². The van der Waals surface area contributed by atoms with Crippen LogP contribution in [0.1, 0.15) is 36.2 Å². The molecule has 1 fully saturated rings. The molecule has 0 bridgehead atoms. The molecule has 1 aliphatic carbocycles. The maximum atomic E-state index is 12.2. The van der Waals surface area contributed by atoms with Crippen LogP contribution < -0.4 is 10.6 Å². The minimum absolute atomic E-state index is 0.107. The molecule has 0 radical (unpaired) electrons. The summed E-state index contributed by atoms with van der Waals surface area (Å²) < 4.78 is 0. The SMILES string of the molecule is CC(C(=O)NC1CCCc2sccc21)=C1CNC1.